The van der Waals surface area contributed by atoms with Crippen molar-refractivity contribution in [3.05, 3.63) is 64.7 Å². The molecule has 3 aromatic rings. The van der Waals surface area contributed by atoms with Gasteiger partial charge in [-0.25, -0.2) is 8.78 Å². The Morgan fingerprint density at radius 3 is 2.62 bits per heavy atom. The van der Waals surface area contributed by atoms with Crippen LogP contribution in [-0.2, 0) is 11.3 Å². The summed E-state index contributed by atoms with van der Waals surface area (Å²) in [6.07, 6.45) is 0. The molecule has 3 rings (SSSR count). The largest absolute Gasteiger partial charge is 0.348 e. The van der Waals surface area contributed by atoms with E-state index >= 15 is 0 Å². The first-order valence-corrected chi connectivity index (χ1v) is 8.08. The fourth-order valence-electron chi connectivity index (χ4n) is 2.31. The summed E-state index contributed by atoms with van der Waals surface area (Å²) in [5.41, 5.74) is 1.17. The van der Waals surface area contributed by atoms with Crippen molar-refractivity contribution in [1.82, 2.24) is 25.5 Å². The number of halogens is 3. The lowest BCUT2D eigenvalue weighted by molar-refractivity contribution is -0.122. The lowest BCUT2D eigenvalue weighted by atomic mass is 10.1. The number of nitrogens with one attached hydrogen (secondary N) is 1. The normalized spacial score (nSPS) is 12.0. The van der Waals surface area contributed by atoms with Gasteiger partial charge in [0.05, 0.1) is 6.04 Å². The van der Waals surface area contributed by atoms with E-state index in [0.717, 1.165) is 22.5 Å². The van der Waals surface area contributed by atoms with Crippen LogP contribution in [0.4, 0.5) is 8.78 Å². The first-order valence-electron chi connectivity index (χ1n) is 7.70. The third-order valence-corrected chi connectivity index (χ3v) is 3.91. The molecule has 2 aromatic carbocycles. The van der Waals surface area contributed by atoms with E-state index in [1.54, 1.807) is 31.2 Å². The van der Waals surface area contributed by atoms with E-state index in [4.69, 9.17) is 11.6 Å². The molecule has 6 nitrogen and oxygen atoms in total. The van der Waals surface area contributed by atoms with E-state index in [0.29, 0.717) is 16.4 Å². The third-order valence-electron chi connectivity index (χ3n) is 3.66. The van der Waals surface area contributed by atoms with E-state index in [9.17, 15) is 13.6 Å². The standard InChI is InChI=1S/C17H14ClF2N5O/c1-10(12-4-7-14(19)15(20)8-12)21-16(26)9-25-23-17(22-24-25)11-2-5-13(18)6-3-11/h2-8,10H,9H2,1H3,(H,21,26). The van der Waals surface area contributed by atoms with E-state index in [2.05, 4.69) is 20.7 Å². The molecule has 0 fully saturated rings. The van der Waals surface area contributed by atoms with E-state index in [1.165, 1.54) is 6.07 Å². The van der Waals surface area contributed by atoms with Crippen molar-refractivity contribution in [3.8, 4) is 11.4 Å². The van der Waals surface area contributed by atoms with Gasteiger partial charge in [-0.1, -0.05) is 17.7 Å². The lowest BCUT2D eigenvalue weighted by Gasteiger charge is -2.14. The minimum atomic E-state index is -0.964. The molecule has 134 valence electrons. The number of tetrazole rings is 1. The van der Waals surface area contributed by atoms with Gasteiger partial charge >= 0.3 is 0 Å². The minimum Gasteiger partial charge on any atom is -0.348 e. The maximum atomic E-state index is 13.3. The smallest absolute Gasteiger partial charge is 0.244 e. The van der Waals surface area contributed by atoms with Crippen LogP contribution in [0.25, 0.3) is 11.4 Å². The highest BCUT2D eigenvalue weighted by Crippen LogP contribution is 2.17. The first kappa shape index (κ1) is 17.9. The molecule has 1 unspecified atom stereocenters. The summed E-state index contributed by atoms with van der Waals surface area (Å²) in [6, 6.07) is 9.87. The topological polar surface area (TPSA) is 72.7 Å². The Balaban J connectivity index is 1.63. The molecule has 0 saturated carbocycles. The molecule has 26 heavy (non-hydrogen) atoms. The van der Waals surface area contributed by atoms with E-state index < -0.39 is 17.7 Å². The summed E-state index contributed by atoms with van der Waals surface area (Å²) in [4.78, 5) is 13.3. The highest BCUT2D eigenvalue weighted by molar-refractivity contribution is 6.30. The van der Waals surface area contributed by atoms with Gasteiger partial charge in [0, 0.05) is 10.6 Å². The number of nitrogens with zero attached hydrogens (tertiary/aromatic N) is 4. The molecule has 1 aromatic heterocycles. The van der Waals surface area contributed by atoms with Crippen molar-refractivity contribution in [2.45, 2.75) is 19.5 Å². The maximum Gasteiger partial charge on any atom is 0.244 e. The zero-order chi connectivity index (χ0) is 18.7. The molecule has 0 aliphatic rings. The van der Waals surface area contributed by atoms with Crippen LogP contribution >= 0.6 is 11.6 Å². The quantitative estimate of drug-likeness (QED) is 0.741. The Hall–Kier alpha value is -2.87. The van der Waals surface area contributed by atoms with Gasteiger partial charge in [-0.3, -0.25) is 4.79 Å². The molecule has 0 saturated heterocycles. The van der Waals surface area contributed by atoms with Crippen molar-refractivity contribution in [2.24, 2.45) is 0 Å². The number of rotatable bonds is 5. The molecule has 0 bridgehead atoms. The van der Waals surface area contributed by atoms with Crippen LogP contribution in [0.15, 0.2) is 42.5 Å². The maximum absolute atomic E-state index is 13.3. The third kappa shape index (κ3) is 4.20. The predicted octanol–water partition coefficient (Wildman–Crippen LogP) is 3.15. The second-order valence-electron chi connectivity index (χ2n) is 5.61. The predicted molar refractivity (Wildman–Crippen MR) is 91.2 cm³/mol. The van der Waals surface area contributed by atoms with E-state index in [1.807, 2.05) is 0 Å². The van der Waals surface area contributed by atoms with Crippen molar-refractivity contribution in [2.75, 3.05) is 0 Å². The Labute approximate surface area is 152 Å². The molecule has 1 N–H and O–H groups in total. The lowest BCUT2D eigenvalue weighted by Crippen LogP contribution is -2.31. The van der Waals surface area contributed by atoms with Gasteiger partial charge < -0.3 is 5.32 Å². The van der Waals surface area contributed by atoms with Gasteiger partial charge in [0.2, 0.25) is 11.7 Å². The molecule has 0 aliphatic heterocycles. The Morgan fingerprint density at radius 2 is 1.92 bits per heavy atom. The first-order chi connectivity index (χ1) is 12.4. The number of hydrogen-bond donors (Lipinski definition) is 1. The fourth-order valence-corrected chi connectivity index (χ4v) is 2.43. The van der Waals surface area contributed by atoms with Crippen LogP contribution in [0.2, 0.25) is 5.02 Å². The highest BCUT2D eigenvalue weighted by atomic mass is 35.5. The molecule has 0 radical (unpaired) electrons. The number of aromatic nitrogens is 4. The van der Waals surface area contributed by atoms with Gasteiger partial charge in [-0.05, 0) is 54.1 Å². The molecular weight excluding hydrogens is 364 g/mol. The van der Waals surface area contributed by atoms with Crippen molar-refractivity contribution in [1.29, 1.82) is 0 Å². The van der Waals surface area contributed by atoms with Crippen LogP contribution in [0.3, 0.4) is 0 Å². The highest BCUT2D eigenvalue weighted by Gasteiger charge is 2.14. The fraction of sp³-hybridized carbons (Fsp3) is 0.176. The van der Waals surface area contributed by atoms with E-state index in [-0.39, 0.29) is 12.5 Å². The van der Waals surface area contributed by atoms with Crippen molar-refractivity contribution >= 4 is 17.5 Å². The Bertz CT molecular complexity index is 929. The second kappa shape index (κ2) is 7.57. The van der Waals surface area contributed by atoms with Gasteiger partial charge in [0.25, 0.3) is 0 Å². The summed E-state index contributed by atoms with van der Waals surface area (Å²) in [5.74, 6) is -1.92. The molecule has 0 aliphatic carbocycles. The summed E-state index contributed by atoms with van der Waals surface area (Å²) in [7, 11) is 0. The van der Waals surface area contributed by atoms with Crippen LogP contribution < -0.4 is 5.32 Å². The molecule has 9 heteroatoms. The average Bonchev–Trinajstić information content (AvgIpc) is 3.06. The average molecular weight is 378 g/mol. The van der Waals surface area contributed by atoms with Gasteiger partial charge in [0.15, 0.2) is 11.6 Å². The summed E-state index contributed by atoms with van der Waals surface area (Å²) in [6.45, 7) is 1.51. The molecule has 1 heterocycles. The summed E-state index contributed by atoms with van der Waals surface area (Å²) in [5, 5.41) is 15.1. The molecular formula is C17H14ClF2N5O. The number of carbonyl (C=O) groups excluding carboxylic acids is 1. The van der Waals surface area contributed by atoms with Crippen LogP contribution in [0.1, 0.15) is 18.5 Å². The van der Waals surface area contributed by atoms with Gasteiger partial charge in [-0.15, -0.1) is 10.2 Å². The zero-order valence-corrected chi connectivity index (χ0v) is 14.4. The number of benzene rings is 2. The molecule has 1 atom stereocenters. The summed E-state index contributed by atoms with van der Waals surface area (Å²) >= 11 is 5.83. The second-order valence-corrected chi connectivity index (χ2v) is 6.05. The monoisotopic (exact) mass is 377 g/mol. The Morgan fingerprint density at radius 1 is 1.19 bits per heavy atom. The van der Waals surface area contributed by atoms with Crippen molar-refractivity contribution in [3.63, 3.8) is 0 Å². The summed E-state index contributed by atoms with van der Waals surface area (Å²) < 4.78 is 26.3. The SMILES string of the molecule is CC(NC(=O)Cn1nnc(-c2ccc(Cl)cc2)n1)c1ccc(F)c(F)c1. The number of amides is 1. The molecule has 0 spiro atoms. The van der Waals surface area contributed by atoms with Crippen LogP contribution in [0.5, 0.6) is 0 Å². The van der Waals surface area contributed by atoms with Crippen LogP contribution in [0, 0.1) is 11.6 Å². The van der Waals surface area contributed by atoms with Crippen LogP contribution in [-0.4, -0.2) is 26.1 Å². The van der Waals surface area contributed by atoms with Crippen molar-refractivity contribution < 1.29 is 13.6 Å². The Kier molecular flexibility index (Phi) is 5.22. The molecule has 1 amide bonds. The number of hydrogen-bond acceptors (Lipinski definition) is 4. The minimum absolute atomic E-state index is 0.158. The van der Waals surface area contributed by atoms with Gasteiger partial charge in [-0.2, -0.15) is 4.80 Å². The van der Waals surface area contributed by atoms with Gasteiger partial charge in [0.1, 0.15) is 6.54 Å². The number of carbonyl (C=O) groups is 1. The zero-order valence-electron chi connectivity index (χ0n) is 13.7.